The van der Waals surface area contributed by atoms with Crippen molar-refractivity contribution < 1.29 is 23.8 Å². The zero-order valence-corrected chi connectivity index (χ0v) is 11.4. The van der Waals surface area contributed by atoms with Crippen molar-refractivity contribution in [1.29, 1.82) is 0 Å². The number of furan rings is 1. The van der Waals surface area contributed by atoms with E-state index in [0.29, 0.717) is 21.9 Å². The van der Waals surface area contributed by atoms with Gasteiger partial charge in [-0.05, 0) is 18.2 Å². The minimum Gasteiger partial charge on any atom is -0.508 e. The molecule has 0 spiro atoms. The van der Waals surface area contributed by atoms with Crippen LogP contribution in [0.25, 0.3) is 32.9 Å². The average Bonchev–Trinajstić information content (AvgIpc) is 2.86. The Morgan fingerprint density at radius 1 is 1.00 bits per heavy atom. The van der Waals surface area contributed by atoms with E-state index >= 15 is 0 Å². The molecule has 4 rings (SSSR count). The minimum absolute atomic E-state index is 0.0322. The molecule has 2 N–H and O–H groups in total. The molecule has 0 saturated heterocycles. The highest BCUT2D eigenvalue weighted by atomic mass is 16.5. The molecule has 0 saturated carbocycles. The molecule has 0 unspecified atom stereocenters. The Hall–Kier alpha value is -3.15. The molecule has 2 aromatic heterocycles. The van der Waals surface area contributed by atoms with Gasteiger partial charge in [-0.1, -0.05) is 0 Å². The summed E-state index contributed by atoms with van der Waals surface area (Å²) in [5, 5.41) is 20.7. The Balaban J connectivity index is 2.26. The smallest absolute Gasteiger partial charge is 0.348 e. The molecule has 2 heterocycles. The second kappa shape index (κ2) is 4.17. The molecule has 0 aliphatic rings. The average molecular weight is 298 g/mol. The van der Waals surface area contributed by atoms with Gasteiger partial charge in [-0.3, -0.25) is 0 Å². The van der Waals surface area contributed by atoms with E-state index in [2.05, 4.69) is 0 Å². The van der Waals surface area contributed by atoms with Crippen LogP contribution in [0.3, 0.4) is 0 Å². The fourth-order valence-electron chi connectivity index (χ4n) is 2.60. The van der Waals surface area contributed by atoms with Crippen LogP contribution in [-0.2, 0) is 0 Å². The maximum absolute atomic E-state index is 12.2. The van der Waals surface area contributed by atoms with E-state index in [1.165, 1.54) is 31.4 Å². The quantitative estimate of drug-likeness (QED) is 0.524. The lowest BCUT2D eigenvalue weighted by molar-refractivity contribution is 0.373. The highest BCUT2D eigenvalue weighted by Gasteiger charge is 2.18. The topological polar surface area (TPSA) is 93.0 Å². The fraction of sp³-hybridized carbons (Fsp3) is 0.0625. The van der Waals surface area contributed by atoms with Gasteiger partial charge >= 0.3 is 5.63 Å². The summed E-state index contributed by atoms with van der Waals surface area (Å²) in [5.74, 6) is 0.141. The van der Waals surface area contributed by atoms with Crippen LogP contribution in [0.1, 0.15) is 0 Å². The lowest BCUT2D eigenvalue weighted by Gasteiger charge is -2.04. The summed E-state index contributed by atoms with van der Waals surface area (Å²) in [4.78, 5) is 12.2. The number of hydrogen-bond acceptors (Lipinski definition) is 6. The van der Waals surface area contributed by atoms with Crippen molar-refractivity contribution in [2.75, 3.05) is 7.11 Å². The van der Waals surface area contributed by atoms with Crippen LogP contribution in [0.5, 0.6) is 17.2 Å². The molecule has 6 nitrogen and oxygen atoms in total. The monoisotopic (exact) mass is 298 g/mol. The van der Waals surface area contributed by atoms with E-state index < -0.39 is 5.63 Å². The molecular weight excluding hydrogens is 288 g/mol. The third-order valence-electron chi connectivity index (χ3n) is 3.61. The molecule has 4 aromatic rings. The minimum atomic E-state index is -0.556. The van der Waals surface area contributed by atoms with Gasteiger partial charge in [0.2, 0.25) is 0 Å². The van der Waals surface area contributed by atoms with Gasteiger partial charge in [0, 0.05) is 17.5 Å². The molecule has 110 valence electrons. The summed E-state index contributed by atoms with van der Waals surface area (Å²) in [5.41, 5.74) is 0.352. The number of fused-ring (bicyclic) bond motifs is 5. The first kappa shape index (κ1) is 12.6. The Morgan fingerprint density at radius 2 is 1.77 bits per heavy atom. The lowest BCUT2D eigenvalue weighted by Crippen LogP contribution is -1.98. The van der Waals surface area contributed by atoms with Crippen molar-refractivity contribution in [1.82, 2.24) is 0 Å². The van der Waals surface area contributed by atoms with Gasteiger partial charge in [0.05, 0.1) is 12.5 Å². The number of phenolic OH excluding ortho intramolecular Hbond substituents is 2. The van der Waals surface area contributed by atoms with E-state index in [1.807, 2.05) is 0 Å². The van der Waals surface area contributed by atoms with Gasteiger partial charge in [0.25, 0.3) is 0 Å². The maximum atomic E-state index is 12.2. The Morgan fingerprint density at radius 3 is 2.55 bits per heavy atom. The summed E-state index contributed by atoms with van der Waals surface area (Å²) in [6, 6.07) is 7.32. The summed E-state index contributed by atoms with van der Waals surface area (Å²) < 4.78 is 16.0. The molecule has 22 heavy (non-hydrogen) atoms. The van der Waals surface area contributed by atoms with Crippen LogP contribution in [0.2, 0.25) is 0 Å². The lowest BCUT2D eigenvalue weighted by atomic mass is 10.1. The first-order chi connectivity index (χ1) is 10.6. The van der Waals surface area contributed by atoms with Crippen LogP contribution >= 0.6 is 0 Å². The van der Waals surface area contributed by atoms with Crippen LogP contribution in [0.4, 0.5) is 0 Å². The van der Waals surface area contributed by atoms with Gasteiger partial charge in [-0.2, -0.15) is 0 Å². The van der Waals surface area contributed by atoms with E-state index in [0.717, 1.165) is 0 Å². The van der Waals surface area contributed by atoms with Crippen molar-refractivity contribution in [2.24, 2.45) is 0 Å². The molecule has 0 aliphatic carbocycles. The molecular formula is C16H10O6. The van der Waals surface area contributed by atoms with Gasteiger partial charge < -0.3 is 23.8 Å². The van der Waals surface area contributed by atoms with Gasteiger partial charge in [-0.15, -0.1) is 0 Å². The maximum Gasteiger partial charge on any atom is 0.348 e. The number of phenols is 2. The van der Waals surface area contributed by atoms with Gasteiger partial charge in [-0.25, -0.2) is 4.79 Å². The predicted octanol–water partition coefficient (Wildman–Crippen LogP) is 3.11. The van der Waals surface area contributed by atoms with Crippen LogP contribution in [0, 0.1) is 0 Å². The normalized spacial score (nSPS) is 11.5. The van der Waals surface area contributed by atoms with E-state index in [4.69, 9.17) is 13.6 Å². The second-order valence-electron chi connectivity index (χ2n) is 4.90. The van der Waals surface area contributed by atoms with Gasteiger partial charge in [0.1, 0.15) is 22.3 Å². The Labute approximate surface area is 122 Å². The standard InChI is InChI=1S/C16H10O6/c1-20-13-6-12-9(5-10(13)18)15-14(16(19)22-12)8-3-2-7(17)4-11(8)21-15/h2-6,17-18H,1H3. The molecule has 2 aromatic carbocycles. The molecule has 0 amide bonds. The van der Waals surface area contributed by atoms with E-state index in [9.17, 15) is 15.0 Å². The van der Waals surface area contributed by atoms with Crippen molar-refractivity contribution in [2.45, 2.75) is 0 Å². The zero-order chi connectivity index (χ0) is 15.4. The number of aromatic hydroxyl groups is 2. The molecule has 0 radical (unpaired) electrons. The third kappa shape index (κ3) is 1.57. The molecule has 0 bridgehead atoms. The largest absolute Gasteiger partial charge is 0.508 e. The number of methoxy groups -OCH3 is 1. The SMILES string of the molecule is COc1cc2oc(=O)c3c4ccc(O)cc4oc3c2cc1O. The van der Waals surface area contributed by atoms with Crippen molar-refractivity contribution in [3.8, 4) is 17.2 Å². The summed E-state index contributed by atoms with van der Waals surface area (Å²) in [6.07, 6.45) is 0. The highest BCUT2D eigenvalue weighted by Crippen LogP contribution is 2.37. The second-order valence-corrected chi connectivity index (χ2v) is 4.90. The Kier molecular flexibility index (Phi) is 2.39. The zero-order valence-electron chi connectivity index (χ0n) is 11.4. The van der Waals surface area contributed by atoms with Crippen molar-refractivity contribution in [3.05, 3.63) is 40.8 Å². The van der Waals surface area contributed by atoms with E-state index in [-0.39, 0.29) is 28.2 Å². The molecule has 0 aliphatic heterocycles. The fourth-order valence-corrected chi connectivity index (χ4v) is 2.60. The number of benzene rings is 2. The van der Waals surface area contributed by atoms with Crippen LogP contribution < -0.4 is 10.4 Å². The molecule has 0 fully saturated rings. The van der Waals surface area contributed by atoms with Gasteiger partial charge in [0.15, 0.2) is 17.1 Å². The highest BCUT2D eigenvalue weighted by molar-refractivity contribution is 6.13. The first-order valence-electron chi connectivity index (χ1n) is 6.47. The summed E-state index contributed by atoms with van der Waals surface area (Å²) in [6.45, 7) is 0. The van der Waals surface area contributed by atoms with Crippen LogP contribution in [0.15, 0.2) is 44.0 Å². The summed E-state index contributed by atoms with van der Waals surface area (Å²) in [7, 11) is 1.40. The number of rotatable bonds is 1. The molecule has 6 heteroatoms. The first-order valence-corrected chi connectivity index (χ1v) is 6.47. The van der Waals surface area contributed by atoms with Crippen molar-refractivity contribution in [3.63, 3.8) is 0 Å². The van der Waals surface area contributed by atoms with Crippen molar-refractivity contribution >= 4 is 32.9 Å². The third-order valence-corrected chi connectivity index (χ3v) is 3.61. The molecule has 0 atom stereocenters. The van der Waals surface area contributed by atoms with Crippen LogP contribution in [-0.4, -0.2) is 17.3 Å². The number of ether oxygens (including phenoxy) is 1. The predicted molar refractivity (Wildman–Crippen MR) is 79.6 cm³/mol. The Bertz CT molecular complexity index is 1100. The number of hydrogen-bond donors (Lipinski definition) is 2. The van der Waals surface area contributed by atoms with E-state index in [1.54, 1.807) is 6.07 Å². The summed E-state index contributed by atoms with van der Waals surface area (Å²) >= 11 is 0.